The van der Waals surface area contributed by atoms with E-state index in [-0.39, 0.29) is 11.9 Å². The molecule has 0 aromatic heterocycles. The van der Waals surface area contributed by atoms with E-state index in [1.54, 1.807) is 0 Å². The first-order valence-electron chi connectivity index (χ1n) is 4.16. The Bertz CT molecular complexity index is 115. The zero-order chi connectivity index (χ0) is 8.69. The van der Waals surface area contributed by atoms with Gasteiger partial charge in [0.05, 0.1) is 0 Å². The van der Waals surface area contributed by atoms with Crippen molar-refractivity contribution in [2.24, 2.45) is 5.73 Å². The SMILES string of the molecule is CCCCC(N)CNC(C)=O. The Morgan fingerprint density at radius 3 is 2.73 bits per heavy atom. The van der Waals surface area contributed by atoms with Gasteiger partial charge in [0.2, 0.25) is 5.91 Å². The van der Waals surface area contributed by atoms with Crippen molar-refractivity contribution in [3.8, 4) is 0 Å². The summed E-state index contributed by atoms with van der Waals surface area (Å²) < 4.78 is 0. The molecule has 0 aliphatic carbocycles. The standard InChI is InChI=1S/C8H18N2O/c1-3-4-5-8(9)6-10-7(2)11/h8H,3-6,9H2,1-2H3,(H,10,11). The third-order valence-corrected chi connectivity index (χ3v) is 1.54. The summed E-state index contributed by atoms with van der Waals surface area (Å²) in [4.78, 5) is 10.5. The largest absolute Gasteiger partial charge is 0.355 e. The van der Waals surface area contributed by atoms with Crippen LogP contribution in [0.2, 0.25) is 0 Å². The van der Waals surface area contributed by atoms with Gasteiger partial charge in [-0.2, -0.15) is 0 Å². The van der Waals surface area contributed by atoms with E-state index in [4.69, 9.17) is 5.73 Å². The van der Waals surface area contributed by atoms with Crippen LogP contribution in [0.5, 0.6) is 0 Å². The predicted octanol–water partition coefficient (Wildman–Crippen LogP) is 0.640. The van der Waals surface area contributed by atoms with Crippen molar-refractivity contribution in [2.75, 3.05) is 6.54 Å². The number of rotatable bonds is 5. The number of amides is 1. The lowest BCUT2D eigenvalue weighted by molar-refractivity contribution is -0.119. The van der Waals surface area contributed by atoms with Crippen LogP contribution in [0, 0.1) is 0 Å². The van der Waals surface area contributed by atoms with Crippen LogP contribution in [0.25, 0.3) is 0 Å². The van der Waals surface area contributed by atoms with Gasteiger partial charge in [0.1, 0.15) is 0 Å². The third-order valence-electron chi connectivity index (χ3n) is 1.54. The number of unbranched alkanes of at least 4 members (excludes halogenated alkanes) is 1. The number of hydrogen-bond acceptors (Lipinski definition) is 2. The molecule has 0 rings (SSSR count). The molecular weight excluding hydrogens is 140 g/mol. The van der Waals surface area contributed by atoms with Crippen molar-refractivity contribution in [3.05, 3.63) is 0 Å². The molecule has 3 nitrogen and oxygen atoms in total. The minimum absolute atomic E-state index is 0.00283. The highest BCUT2D eigenvalue weighted by atomic mass is 16.1. The van der Waals surface area contributed by atoms with Crippen LogP contribution in [0.4, 0.5) is 0 Å². The van der Waals surface area contributed by atoms with Gasteiger partial charge in [0.25, 0.3) is 0 Å². The summed E-state index contributed by atoms with van der Waals surface area (Å²) in [7, 11) is 0. The molecule has 0 aromatic rings. The Morgan fingerprint density at radius 1 is 1.64 bits per heavy atom. The summed E-state index contributed by atoms with van der Waals surface area (Å²) in [5, 5.41) is 2.69. The highest BCUT2D eigenvalue weighted by Gasteiger charge is 2.01. The highest BCUT2D eigenvalue weighted by Crippen LogP contribution is 1.96. The van der Waals surface area contributed by atoms with Crippen molar-refractivity contribution in [1.82, 2.24) is 5.32 Å². The highest BCUT2D eigenvalue weighted by molar-refractivity contribution is 5.72. The number of nitrogens with one attached hydrogen (secondary N) is 1. The fourth-order valence-electron chi connectivity index (χ4n) is 0.843. The van der Waals surface area contributed by atoms with Crippen LogP contribution in [0.1, 0.15) is 33.1 Å². The van der Waals surface area contributed by atoms with Crippen LogP contribution in [-0.2, 0) is 4.79 Å². The van der Waals surface area contributed by atoms with E-state index in [2.05, 4.69) is 12.2 Å². The second-order valence-corrected chi connectivity index (χ2v) is 2.84. The van der Waals surface area contributed by atoms with E-state index < -0.39 is 0 Å². The average molecular weight is 158 g/mol. The molecule has 1 amide bonds. The molecule has 0 saturated carbocycles. The maximum Gasteiger partial charge on any atom is 0.216 e. The first-order chi connectivity index (χ1) is 5.16. The Morgan fingerprint density at radius 2 is 2.27 bits per heavy atom. The predicted molar refractivity (Wildman–Crippen MR) is 46.2 cm³/mol. The van der Waals surface area contributed by atoms with E-state index in [0.717, 1.165) is 19.3 Å². The second kappa shape index (κ2) is 6.16. The minimum Gasteiger partial charge on any atom is -0.355 e. The smallest absolute Gasteiger partial charge is 0.216 e. The molecule has 3 N–H and O–H groups in total. The van der Waals surface area contributed by atoms with Crippen LogP contribution in [0.3, 0.4) is 0 Å². The van der Waals surface area contributed by atoms with Gasteiger partial charge in [-0.05, 0) is 6.42 Å². The molecule has 1 atom stereocenters. The zero-order valence-electron chi connectivity index (χ0n) is 7.39. The van der Waals surface area contributed by atoms with Gasteiger partial charge in [0, 0.05) is 19.5 Å². The molecule has 3 heteroatoms. The molecule has 0 spiro atoms. The van der Waals surface area contributed by atoms with Crippen molar-refractivity contribution in [1.29, 1.82) is 0 Å². The van der Waals surface area contributed by atoms with Gasteiger partial charge < -0.3 is 11.1 Å². The maximum absolute atomic E-state index is 10.5. The van der Waals surface area contributed by atoms with Gasteiger partial charge in [-0.15, -0.1) is 0 Å². The molecule has 0 fully saturated rings. The summed E-state index contributed by atoms with van der Waals surface area (Å²) in [6.45, 7) is 4.24. The lowest BCUT2D eigenvalue weighted by Crippen LogP contribution is -2.35. The summed E-state index contributed by atoms with van der Waals surface area (Å²) >= 11 is 0. The lowest BCUT2D eigenvalue weighted by Gasteiger charge is -2.10. The summed E-state index contributed by atoms with van der Waals surface area (Å²) in [5.41, 5.74) is 5.69. The molecule has 66 valence electrons. The van der Waals surface area contributed by atoms with Gasteiger partial charge in [-0.3, -0.25) is 4.79 Å². The van der Waals surface area contributed by atoms with Crippen LogP contribution in [-0.4, -0.2) is 18.5 Å². The minimum atomic E-state index is -0.00283. The molecule has 0 radical (unpaired) electrons. The van der Waals surface area contributed by atoms with Crippen molar-refractivity contribution < 1.29 is 4.79 Å². The summed E-state index contributed by atoms with van der Waals surface area (Å²) in [6, 6.07) is 0.124. The van der Waals surface area contributed by atoms with Crippen molar-refractivity contribution in [2.45, 2.75) is 39.2 Å². The van der Waals surface area contributed by atoms with E-state index >= 15 is 0 Å². The van der Waals surface area contributed by atoms with Crippen LogP contribution >= 0.6 is 0 Å². The lowest BCUT2D eigenvalue weighted by atomic mass is 10.1. The number of nitrogens with two attached hydrogens (primary N) is 1. The third kappa shape index (κ3) is 7.33. The average Bonchev–Trinajstić information content (AvgIpc) is 1.97. The quantitative estimate of drug-likeness (QED) is 0.617. The van der Waals surface area contributed by atoms with Gasteiger partial charge >= 0.3 is 0 Å². The fraction of sp³-hybridized carbons (Fsp3) is 0.875. The van der Waals surface area contributed by atoms with Gasteiger partial charge in [-0.1, -0.05) is 19.8 Å². The summed E-state index contributed by atoms with van der Waals surface area (Å²) in [5.74, 6) is -0.00283. The molecule has 0 heterocycles. The monoisotopic (exact) mass is 158 g/mol. The molecule has 0 bridgehead atoms. The second-order valence-electron chi connectivity index (χ2n) is 2.84. The molecule has 11 heavy (non-hydrogen) atoms. The number of hydrogen-bond donors (Lipinski definition) is 2. The first-order valence-corrected chi connectivity index (χ1v) is 4.16. The Kier molecular flexibility index (Phi) is 5.84. The van der Waals surface area contributed by atoms with E-state index in [0.29, 0.717) is 6.54 Å². The fourth-order valence-corrected chi connectivity index (χ4v) is 0.843. The number of carbonyl (C=O) groups excluding carboxylic acids is 1. The molecule has 0 aliphatic heterocycles. The van der Waals surface area contributed by atoms with Crippen molar-refractivity contribution in [3.63, 3.8) is 0 Å². The van der Waals surface area contributed by atoms with Crippen molar-refractivity contribution >= 4 is 5.91 Å². The molecular formula is C8H18N2O. The van der Waals surface area contributed by atoms with Gasteiger partial charge in [-0.25, -0.2) is 0 Å². The Hall–Kier alpha value is -0.570. The van der Waals surface area contributed by atoms with Crippen LogP contribution in [0.15, 0.2) is 0 Å². The zero-order valence-corrected chi connectivity index (χ0v) is 7.39. The Balaban J connectivity index is 3.22. The normalized spacial score (nSPS) is 12.6. The van der Waals surface area contributed by atoms with E-state index in [9.17, 15) is 4.79 Å². The maximum atomic E-state index is 10.5. The van der Waals surface area contributed by atoms with E-state index in [1.165, 1.54) is 6.92 Å². The summed E-state index contributed by atoms with van der Waals surface area (Å²) in [6.07, 6.45) is 3.30. The van der Waals surface area contributed by atoms with E-state index in [1.807, 2.05) is 0 Å². The topological polar surface area (TPSA) is 55.1 Å². The van der Waals surface area contributed by atoms with Gasteiger partial charge in [0.15, 0.2) is 0 Å². The molecule has 0 aromatic carbocycles. The molecule has 1 unspecified atom stereocenters. The molecule has 0 saturated heterocycles. The Labute approximate surface area is 68.3 Å². The first kappa shape index (κ1) is 10.4. The number of carbonyl (C=O) groups is 1. The molecule has 0 aliphatic rings. The van der Waals surface area contributed by atoms with Crippen LogP contribution < -0.4 is 11.1 Å².